The van der Waals surface area contributed by atoms with E-state index in [1.54, 1.807) is 68.4 Å². The Labute approximate surface area is 234 Å². The molecule has 3 aromatic carbocycles. The Morgan fingerprint density at radius 1 is 0.949 bits per heavy atom. The second kappa shape index (κ2) is 13.3. The van der Waals surface area contributed by atoms with E-state index >= 15 is 0 Å². The van der Waals surface area contributed by atoms with E-state index in [4.69, 9.17) is 21.1 Å². The van der Waals surface area contributed by atoms with E-state index in [0.717, 1.165) is 9.87 Å². The number of rotatable bonds is 12. The Balaban J connectivity index is 2.03. The largest absolute Gasteiger partial charge is 0.493 e. The number of nitrogens with zero attached hydrogens (tertiary/aromatic N) is 2. The second-order valence-corrected chi connectivity index (χ2v) is 10.9. The number of halogens is 1. The standard InChI is InChI=1S/C28H32ClN3O6S/c1-5-30-28(34)20(2)31(18-21-11-13-22(29)14-12-21)27(33)19-32(23-9-7-6-8-10-23)39(35,36)24-15-16-25(37-3)26(17-24)38-4/h6-17,20H,5,18-19H2,1-4H3,(H,30,34)/t20-/m1/s1. The summed E-state index contributed by atoms with van der Waals surface area (Å²) in [6.07, 6.45) is 0. The van der Waals surface area contributed by atoms with Gasteiger partial charge >= 0.3 is 0 Å². The van der Waals surface area contributed by atoms with Crippen molar-refractivity contribution in [2.75, 3.05) is 31.6 Å². The van der Waals surface area contributed by atoms with Gasteiger partial charge in [0.15, 0.2) is 11.5 Å². The first-order valence-electron chi connectivity index (χ1n) is 12.2. The van der Waals surface area contributed by atoms with E-state index in [1.165, 1.54) is 37.3 Å². The molecule has 11 heteroatoms. The monoisotopic (exact) mass is 573 g/mol. The van der Waals surface area contributed by atoms with Crippen LogP contribution in [0.4, 0.5) is 5.69 Å². The maximum absolute atomic E-state index is 13.9. The average molecular weight is 574 g/mol. The van der Waals surface area contributed by atoms with E-state index in [-0.39, 0.29) is 28.8 Å². The summed E-state index contributed by atoms with van der Waals surface area (Å²) in [7, 11) is -1.39. The number of para-hydroxylation sites is 1. The second-order valence-electron chi connectivity index (χ2n) is 8.58. The third-order valence-electron chi connectivity index (χ3n) is 6.05. The fourth-order valence-corrected chi connectivity index (χ4v) is 5.47. The van der Waals surface area contributed by atoms with Gasteiger partial charge < -0.3 is 19.7 Å². The molecule has 9 nitrogen and oxygen atoms in total. The number of ether oxygens (including phenoxy) is 2. The van der Waals surface area contributed by atoms with Crippen LogP contribution in [0.3, 0.4) is 0 Å². The van der Waals surface area contributed by atoms with Gasteiger partial charge in [0, 0.05) is 24.2 Å². The quantitative estimate of drug-likeness (QED) is 0.350. The predicted octanol–water partition coefficient (Wildman–Crippen LogP) is 4.11. The van der Waals surface area contributed by atoms with Crippen LogP contribution in [0.1, 0.15) is 19.4 Å². The van der Waals surface area contributed by atoms with Crippen LogP contribution < -0.4 is 19.1 Å². The van der Waals surface area contributed by atoms with E-state index in [0.29, 0.717) is 17.3 Å². The number of likely N-dealkylation sites (N-methyl/N-ethyl adjacent to an activating group) is 1. The summed E-state index contributed by atoms with van der Waals surface area (Å²) in [5, 5.41) is 3.26. The smallest absolute Gasteiger partial charge is 0.264 e. The minimum atomic E-state index is -4.24. The number of methoxy groups -OCH3 is 2. The van der Waals surface area contributed by atoms with Crippen molar-refractivity contribution in [1.29, 1.82) is 0 Å². The molecule has 2 amide bonds. The van der Waals surface area contributed by atoms with Gasteiger partial charge in [0.05, 0.1) is 24.8 Å². The van der Waals surface area contributed by atoms with Crippen LogP contribution in [-0.4, -0.2) is 58.5 Å². The van der Waals surface area contributed by atoms with Gasteiger partial charge in [0.2, 0.25) is 11.8 Å². The minimum absolute atomic E-state index is 0.0767. The van der Waals surface area contributed by atoms with Crippen LogP contribution in [0, 0.1) is 0 Å². The van der Waals surface area contributed by atoms with Crippen molar-refractivity contribution in [3.63, 3.8) is 0 Å². The molecule has 0 radical (unpaired) electrons. The van der Waals surface area contributed by atoms with Crippen molar-refractivity contribution in [2.24, 2.45) is 0 Å². The number of carbonyl (C=O) groups is 2. The summed E-state index contributed by atoms with van der Waals surface area (Å²) >= 11 is 6.02. The van der Waals surface area contributed by atoms with Crippen LogP contribution in [0.25, 0.3) is 0 Å². The zero-order valence-corrected chi connectivity index (χ0v) is 23.8. The first kappa shape index (κ1) is 29.8. The van der Waals surface area contributed by atoms with Gasteiger partial charge in [-0.15, -0.1) is 0 Å². The Morgan fingerprint density at radius 2 is 1.59 bits per heavy atom. The van der Waals surface area contributed by atoms with Crippen LogP contribution in [0.2, 0.25) is 5.02 Å². The fraction of sp³-hybridized carbons (Fsp3) is 0.286. The number of anilines is 1. The number of hydrogen-bond donors (Lipinski definition) is 1. The third-order valence-corrected chi connectivity index (χ3v) is 8.07. The number of benzene rings is 3. The molecule has 3 rings (SSSR count). The zero-order chi connectivity index (χ0) is 28.6. The Morgan fingerprint density at radius 3 is 2.18 bits per heavy atom. The molecule has 0 fully saturated rings. The molecule has 0 unspecified atom stereocenters. The van der Waals surface area contributed by atoms with Crippen molar-refractivity contribution in [1.82, 2.24) is 10.2 Å². The molecule has 0 saturated carbocycles. The van der Waals surface area contributed by atoms with E-state index in [2.05, 4.69) is 5.32 Å². The Kier molecular flexibility index (Phi) is 10.2. The molecule has 0 aromatic heterocycles. The lowest BCUT2D eigenvalue weighted by molar-refractivity contribution is -0.139. The summed E-state index contributed by atoms with van der Waals surface area (Å²) in [5.41, 5.74) is 1.02. The van der Waals surface area contributed by atoms with Crippen LogP contribution in [-0.2, 0) is 26.2 Å². The lowest BCUT2D eigenvalue weighted by atomic mass is 10.1. The molecule has 0 heterocycles. The van der Waals surface area contributed by atoms with Gasteiger partial charge in [0.1, 0.15) is 12.6 Å². The molecular formula is C28H32ClN3O6S. The number of carbonyl (C=O) groups excluding carboxylic acids is 2. The van der Waals surface area contributed by atoms with Crippen molar-refractivity contribution >= 4 is 39.1 Å². The maximum Gasteiger partial charge on any atom is 0.264 e. The van der Waals surface area contributed by atoms with Crippen LogP contribution in [0.5, 0.6) is 11.5 Å². The van der Waals surface area contributed by atoms with Gasteiger partial charge in [-0.05, 0) is 55.8 Å². The lowest BCUT2D eigenvalue weighted by Crippen LogP contribution is -2.51. The number of hydrogen-bond acceptors (Lipinski definition) is 6. The third kappa shape index (κ3) is 7.21. The van der Waals surface area contributed by atoms with E-state index in [9.17, 15) is 18.0 Å². The maximum atomic E-state index is 13.9. The first-order chi connectivity index (χ1) is 18.6. The van der Waals surface area contributed by atoms with Crippen molar-refractivity contribution in [3.8, 4) is 11.5 Å². The first-order valence-corrected chi connectivity index (χ1v) is 14.1. The molecule has 0 spiro atoms. The molecule has 0 saturated heterocycles. The van der Waals surface area contributed by atoms with Gasteiger partial charge in [0.25, 0.3) is 10.0 Å². The Hall–Kier alpha value is -3.76. The topological polar surface area (TPSA) is 105 Å². The summed E-state index contributed by atoms with van der Waals surface area (Å²) in [6, 6.07) is 18.5. The zero-order valence-electron chi connectivity index (χ0n) is 22.3. The fourth-order valence-electron chi connectivity index (χ4n) is 3.92. The Bertz CT molecular complexity index is 1380. The molecule has 0 aliphatic rings. The van der Waals surface area contributed by atoms with Crippen LogP contribution >= 0.6 is 11.6 Å². The highest BCUT2D eigenvalue weighted by atomic mass is 35.5. The number of amides is 2. The van der Waals surface area contributed by atoms with Crippen molar-refractivity contribution in [3.05, 3.63) is 83.4 Å². The van der Waals surface area contributed by atoms with Crippen LogP contribution in [0.15, 0.2) is 77.7 Å². The van der Waals surface area contributed by atoms with Crippen molar-refractivity contribution < 1.29 is 27.5 Å². The predicted molar refractivity (Wildman–Crippen MR) is 151 cm³/mol. The normalized spacial score (nSPS) is 11.8. The molecule has 0 aliphatic heterocycles. The molecule has 3 aromatic rings. The number of nitrogens with one attached hydrogen (secondary N) is 1. The molecule has 1 atom stereocenters. The SMILES string of the molecule is CCNC(=O)[C@@H](C)N(Cc1ccc(Cl)cc1)C(=O)CN(c1ccccc1)S(=O)(=O)c1ccc(OC)c(OC)c1. The van der Waals surface area contributed by atoms with E-state index < -0.39 is 28.5 Å². The molecule has 39 heavy (non-hydrogen) atoms. The molecule has 1 N–H and O–H groups in total. The average Bonchev–Trinajstić information content (AvgIpc) is 2.95. The lowest BCUT2D eigenvalue weighted by Gasteiger charge is -2.32. The van der Waals surface area contributed by atoms with Gasteiger partial charge in [-0.3, -0.25) is 13.9 Å². The summed E-state index contributed by atoms with van der Waals surface area (Å²) < 4.78 is 39.4. The summed E-state index contributed by atoms with van der Waals surface area (Å²) in [4.78, 5) is 27.8. The van der Waals surface area contributed by atoms with Gasteiger partial charge in [-0.1, -0.05) is 41.9 Å². The van der Waals surface area contributed by atoms with Crippen molar-refractivity contribution in [2.45, 2.75) is 31.3 Å². The van der Waals surface area contributed by atoms with Gasteiger partial charge in [-0.2, -0.15) is 0 Å². The molecule has 0 aliphatic carbocycles. The van der Waals surface area contributed by atoms with E-state index in [1.807, 2.05) is 0 Å². The highest BCUT2D eigenvalue weighted by Crippen LogP contribution is 2.32. The molecule has 0 bridgehead atoms. The summed E-state index contributed by atoms with van der Waals surface area (Å²) in [5.74, 6) is -0.318. The summed E-state index contributed by atoms with van der Waals surface area (Å²) in [6.45, 7) is 3.30. The molecular weight excluding hydrogens is 542 g/mol. The highest BCUT2D eigenvalue weighted by molar-refractivity contribution is 7.92. The number of sulfonamides is 1. The minimum Gasteiger partial charge on any atom is -0.493 e. The molecule has 208 valence electrons. The highest BCUT2D eigenvalue weighted by Gasteiger charge is 2.32. The van der Waals surface area contributed by atoms with Gasteiger partial charge in [-0.25, -0.2) is 8.42 Å².